The van der Waals surface area contributed by atoms with Crippen LogP contribution in [0.25, 0.3) is 0 Å². The first-order chi connectivity index (χ1) is 6.15. The predicted molar refractivity (Wildman–Crippen MR) is 55.8 cm³/mol. The van der Waals surface area contributed by atoms with Gasteiger partial charge in [0.25, 0.3) is 0 Å². The molecule has 13 heavy (non-hydrogen) atoms. The fourth-order valence-electron chi connectivity index (χ4n) is 1.03. The quantitative estimate of drug-likeness (QED) is 0.700. The summed E-state index contributed by atoms with van der Waals surface area (Å²) in [6.45, 7) is 10.6. The maximum atomic E-state index is 11.4. The van der Waals surface area contributed by atoms with Crippen LogP contribution in [0.3, 0.4) is 0 Å². The molecule has 0 radical (unpaired) electrons. The molecule has 0 aromatic rings. The van der Waals surface area contributed by atoms with Gasteiger partial charge in [0, 0.05) is 19.6 Å². The number of hydrogen-bond donors (Lipinski definition) is 1. The van der Waals surface area contributed by atoms with E-state index in [-0.39, 0.29) is 6.03 Å². The normalized spacial score (nSPS) is 12.3. The average Bonchev–Trinajstić information content (AvgIpc) is 2.16. The van der Waals surface area contributed by atoms with E-state index in [0.29, 0.717) is 5.92 Å². The molecule has 0 aliphatic heterocycles. The van der Waals surface area contributed by atoms with Crippen molar-refractivity contribution in [2.45, 2.75) is 34.1 Å². The molecule has 1 unspecified atom stereocenters. The van der Waals surface area contributed by atoms with Gasteiger partial charge in [-0.1, -0.05) is 20.3 Å². The number of nitrogens with one attached hydrogen (secondary N) is 1. The number of nitrogens with zero attached hydrogens (tertiary/aromatic N) is 1. The van der Waals surface area contributed by atoms with Crippen molar-refractivity contribution in [1.29, 1.82) is 0 Å². The lowest BCUT2D eigenvalue weighted by atomic mass is 10.1. The van der Waals surface area contributed by atoms with E-state index in [4.69, 9.17) is 0 Å². The topological polar surface area (TPSA) is 32.3 Å². The van der Waals surface area contributed by atoms with Crippen LogP contribution in [-0.2, 0) is 0 Å². The van der Waals surface area contributed by atoms with Crippen molar-refractivity contribution >= 4 is 6.03 Å². The van der Waals surface area contributed by atoms with Crippen molar-refractivity contribution in [1.82, 2.24) is 10.2 Å². The summed E-state index contributed by atoms with van der Waals surface area (Å²) in [4.78, 5) is 13.2. The molecular weight excluding hydrogens is 164 g/mol. The van der Waals surface area contributed by atoms with Gasteiger partial charge in [-0.05, 0) is 19.8 Å². The molecule has 0 aliphatic rings. The fourth-order valence-corrected chi connectivity index (χ4v) is 1.03. The highest BCUT2D eigenvalue weighted by Gasteiger charge is 2.08. The zero-order valence-corrected chi connectivity index (χ0v) is 9.26. The number of carbonyl (C=O) groups is 1. The summed E-state index contributed by atoms with van der Waals surface area (Å²) < 4.78 is 0. The lowest BCUT2D eigenvalue weighted by molar-refractivity contribution is 0.201. The zero-order valence-electron chi connectivity index (χ0n) is 9.26. The standard InChI is InChI=1S/C10H22N2O/c1-5-9(4)8-11-10(13)12(6-2)7-3/h9H,5-8H2,1-4H3,(H,11,13). The third-order valence-corrected chi connectivity index (χ3v) is 2.35. The van der Waals surface area contributed by atoms with Crippen molar-refractivity contribution in [3.05, 3.63) is 0 Å². The first kappa shape index (κ1) is 12.3. The molecular formula is C10H22N2O. The van der Waals surface area contributed by atoms with E-state index in [1.807, 2.05) is 13.8 Å². The molecule has 0 aromatic carbocycles. The minimum Gasteiger partial charge on any atom is -0.338 e. The van der Waals surface area contributed by atoms with Gasteiger partial charge in [0.1, 0.15) is 0 Å². The second-order valence-electron chi connectivity index (χ2n) is 3.37. The molecule has 3 nitrogen and oxygen atoms in total. The Morgan fingerprint density at radius 3 is 2.23 bits per heavy atom. The van der Waals surface area contributed by atoms with Crippen molar-refractivity contribution in [2.24, 2.45) is 5.92 Å². The molecule has 0 saturated heterocycles. The van der Waals surface area contributed by atoms with Gasteiger partial charge in [0.15, 0.2) is 0 Å². The lowest BCUT2D eigenvalue weighted by Crippen LogP contribution is -2.41. The number of amides is 2. The lowest BCUT2D eigenvalue weighted by Gasteiger charge is -2.20. The largest absolute Gasteiger partial charge is 0.338 e. The molecule has 0 aromatic heterocycles. The minimum atomic E-state index is 0.0605. The average molecular weight is 186 g/mol. The highest BCUT2D eigenvalue weighted by atomic mass is 16.2. The van der Waals surface area contributed by atoms with Crippen LogP contribution in [0.1, 0.15) is 34.1 Å². The molecule has 0 aliphatic carbocycles. The van der Waals surface area contributed by atoms with Crippen LogP contribution in [0.5, 0.6) is 0 Å². The third-order valence-electron chi connectivity index (χ3n) is 2.35. The molecule has 0 heterocycles. The van der Waals surface area contributed by atoms with E-state index in [0.717, 1.165) is 26.1 Å². The Morgan fingerprint density at radius 1 is 1.31 bits per heavy atom. The van der Waals surface area contributed by atoms with Crippen molar-refractivity contribution in [2.75, 3.05) is 19.6 Å². The molecule has 0 fully saturated rings. The van der Waals surface area contributed by atoms with Crippen molar-refractivity contribution in [3.63, 3.8) is 0 Å². The van der Waals surface area contributed by atoms with Gasteiger partial charge < -0.3 is 10.2 Å². The second kappa shape index (κ2) is 6.75. The minimum absolute atomic E-state index is 0.0605. The molecule has 0 saturated carbocycles. The molecule has 0 bridgehead atoms. The van der Waals surface area contributed by atoms with E-state index < -0.39 is 0 Å². The fraction of sp³-hybridized carbons (Fsp3) is 0.900. The monoisotopic (exact) mass is 186 g/mol. The predicted octanol–water partition coefficient (Wildman–Crippen LogP) is 2.08. The Labute approximate surface area is 81.5 Å². The molecule has 1 N–H and O–H groups in total. The van der Waals surface area contributed by atoms with Gasteiger partial charge in [0.05, 0.1) is 0 Å². The molecule has 2 amide bonds. The summed E-state index contributed by atoms with van der Waals surface area (Å²) in [5.74, 6) is 0.569. The second-order valence-corrected chi connectivity index (χ2v) is 3.37. The maximum Gasteiger partial charge on any atom is 0.317 e. The molecule has 0 spiro atoms. The number of carbonyl (C=O) groups excluding carboxylic acids is 1. The summed E-state index contributed by atoms with van der Waals surface area (Å²) in [5.41, 5.74) is 0. The first-order valence-electron chi connectivity index (χ1n) is 5.18. The van der Waals surface area contributed by atoms with Gasteiger partial charge in [-0.15, -0.1) is 0 Å². The van der Waals surface area contributed by atoms with Crippen LogP contribution < -0.4 is 5.32 Å². The van der Waals surface area contributed by atoms with E-state index in [2.05, 4.69) is 19.2 Å². The Kier molecular flexibility index (Phi) is 6.37. The van der Waals surface area contributed by atoms with Crippen LogP contribution in [0.4, 0.5) is 4.79 Å². The zero-order chi connectivity index (χ0) is 10.3. The van der Waals surface area contributed by atoms with Crippen LogP contribution >= 0.6 is 0 Å². The van der Waals surface area contributed by atoms with E-state index in [1.165, 1.54) is 0 Å². The Bertz CT molecular complexity index is 144. The van der Waals surface area contributed by atoms with Crippen molar-refractivity contribution < 1.29 is 4.79 Å². The van der Waals surface area contributed by atoms with E-state index in [9.17, 15) is 4.79 Å². The van der Waals surface area contributed by atoms with E-state index >= 15 is 0 Å². The smallest absolute Gasteiger partial charge is 0.317 e. The highest BCUT2D eigenvalue weighted by molar-refractivity contribution is 5.74. The van der Waals surface area contributed by atoms with Gasteiger partial charge >= 0.3 is 6.03 Å². The summed E-state index contributed by atoms with van der Waals surface area (Å²) in [6, 6.07) is 0.0605. The van der Waals surface area contributed by atoms with E-state index in [1.54, 1.807) is 4.90 Å². The van der Waals surface area contributed by atoms with Crippen LogP contribution in [0.15, 0.2) is 0 Å². The number of rotatable bonds is 5. The first-order valence-corrected chi connectivity index (χ1v) is 5.18. The molecule has 0 rings (SSSR count). The summed E-state index contributed by atoms with van der Waals surface area (Å²) >= 11 is 0. The molecule has 78 valence electrons. The summed E-state index contributed by atoms with van der Waals surface area (Å²) in [6.07, 6.45) is 1.11. The molecule has 3 heteroatoms. The summed E-state index contributed by atoms with van der Waals surface area (Å²) in [7, 11) is 0. The van der Waals surface area contributed by atoms with Crippen LogP contribution in [0.2, 0.25) is 0 Å². The number of hydrogen-bond acceptors (Lipinski definition) is 1. The Hall–Kier alpha value is -0.730. The van der Waals surface area contributed by atoms with Gasteiger partial charge in [-0.2, -0.15) is 0 Å². The van der Waals surface area contributed by atoms with Crippen molar-refractivity contribution in [3.8, 4) is 0 Å². The Balaban J connectivity index is 3.72. The Morgan fingerprint density at radius 2 is 1.85 bits per heavy atom. The molecule has 1 atom stereocenters. The van der Waals surface area contributed by atoms with Gasteiger partial charge in [0.2, 0.25) is 0 Å². The third kappa shape index (κ3) is 4.76. The SMILES string of the molecule is CCC(C)CNC(=O)N(CC)CC. The van der Waals surface area contributed by atoms with Crippen LogP contribution in [0, 0.1) is 5.92 Å². The summed E-state index contributed by atoms with van der Waals surface area (Å²) in [5, 5.41) is 2.92. The maximum absolute atomic E-state index is 11.4. The van der Waals surface area contributed by atoms with Gasteiger partial charge in [-0.25, -0.2) is 4.79 Å². The highest BCUT2D eigenvalue weighted by Crippen LogP contribution is 1.98. The van der Waals surface area contributed by atoms with Gasteiger partial charge in [-0.3, -0.25) is 0 Å². The number of urea groups is 1. The van der Waals surface area contributed by atoms with Crippen LogP contribution in [-0.4, -0.2) is 30.6 Å².